The van der Waals surface area contributed by atoms with Crippen LogP contribution in [0.1, 0.15) is 27.4 Å². The Hall–Kier alpha value is -1.94. The number of benzene rings is 1. The Bertz CT molecular complexity index is 599. The summed E-state index contributed by atoms with van der Waals surface area (Å²) in [5, 5.41) is 9.05. The predicted octanol–water partition coefficient (Wildman–Crippen LogP) is 2.73. The molecule has 0 saturated heterocycles. The van der Waals surface area contributed by atoms with Gasteiger partial charge in [-0.15, -0.1) is 0 Å². The van der Waals surface area contributed by atoms with Crippen molar-refractivity contribution in [2.24, 2.45) is 0 Å². The molecule has 0 aliphatic rings. The Morgan fingerprint density at radius 3 is 2.72 bits per heavy atom. The van der Waals surface area contributed by atoms with Crippen molar-refractivity contribution in [3.63, 3.8) is 0 Å². The molecule has 0 spiro atoms. The zero-order valence-corrected chi connectivity index (χ0v) is 10.5. The lowest BCUT2D eigenvalue weighted by Gasteiger charge is -2.05. The van der Waals surface area contributed by atoms with Crippen LogP contribution in [0.4, 0.5) is 0 Å². The predicted molar refractivity (Wildman–Crippen MR) is 68.0 cm³/mol. The molecule has 4 nitrogen and oxygen atoms in total. The Labute approximate surface area is 109 Å². The molecule has 0 saturated carbocycles. The molecular weight excluding hydrogens is 252 g/mol. The number of rotatable bonds is 3. The lowest BCUT2D eigenvalue weighted by Crippen LogP contribution is -2.06. The molecule has 0 unspecified atom stereocenters. The molecule has 0 radical (unpaired) electrons. The Balaban J connectivity index is 2.35. The fraction of sp³-hybridized carbons (Fsp3) is 0.154. The van der Waals surface area contributed by atoms with E-state index in [1.807, 2.05) is 31.2 Å². The van der Waals surface area contributed by atoms with E-state index in [0.717, 1.165) is 11.1 Å². The van der Waals surface area contributed by atoms with Gasteiger partial charge in [0.1, 0.15) is 11.0 Å². The second-order valence-electron chi connectivity index (χ2n) is 3.90. The number of aromatic carboxylic acids is 1. The maximum atomic E-state index is 10.9. The highest BCUT2D eigenvalue weighted by Crippen LogP contribution is 2.14. The van der Waals surface area contributed by atoms with Crippen LogP contribution < -0.4 is 0 Å². The van der Waals surface area contributed by atoms with E-state index in [1.165, 1.54) is 6.07 Å². The molecule has 1 aromatic carbocycles. The molecule has 1 aromatic heterocycles. The fourth-order valence-electron chi connectivity index (χ4n) is 1.63. The van der Waals surface area contributed by atoms with Crippen molar-refractivity contribution >= 4 is 17.6 Å². The van der Waals surface area contributed by atoms with E-state index in [9.17, 15) is 4.79 Å². The lowest BCUT2D eigenvalue weighted by atomic mass is 10.1. The van der Waals surface area contributed by atoms with Crippen LogP contribution in [0, 0.1) is 6.92 Å². The van der Waals surface area contributed by atoms with Crippen molar-refractivity contribution in [1.29, 1.82) is 0 Å². The lowest BCUT2D eigenvalue weighted by molar-refractivity contribution is 0.0690. The Morgan fingerprint density at radius 1 is 1.33 bits per heavy atom. The largest absolute Gasteiger partial charge is 0.477 e. The topological polar surface area (TPSA) is 63.1 Å². The monoisotopic (exact) mass is 262 g/mol. The molecule has 2 rings (SSSR count). The summed E-state index contributed by atoms with van der Waals surface area (Å²) < 4.78 is 0. The standard InChI is InChI=1S/C13H11ClN2O2/c1-8-4-2-3-5-9(8)6-12-15-10(13(17)18)7-11(14)16-12/h2-5,7H,6H2,1H3,(H,17,18). The number of halogens is 1. The SMILES string of the molecule is Cc1ccccc1Cc1nc(Cl)cc(C(=O)O)n1. The maximum Gasteiger partial charge on any atom is 0.354 e. The van der Waals surface area contributed by atoms with Crippen molar-refractivity contribution in [2.45, 2.75) is 13.3 Å². The second-order valence-corrected chi connectivity index (χ2v) is 4.29. The van der Waals surface area contributed by atoms with E-state index in [2.05, 4.69) is 9.97 Å². The molecule has 0 aliphatic heterocycles. The number of hydrogen-bond donors (Lipinski definition) is 1. The summed E-state index contributed by atoms with van der Waals surface area (Å²) in [7, 11) is 0. The number of aromatic nitrogens is 2. The van der Waals surface area contributed by atoms with E-state index in [4.69, 9.17) is 16.7 Å². The van der Waals surface area contributed by atoms with Gasteiger partial charge in [0.25, 0.3) is 0 Å². The molecule has 0 aliphatic carbocycles. The van der Waals surface area contributed by atoms with Gasteiger partial charge in [-0.3, -0.25) is 0 Å². The third kappa shape index (κ3) is 2.84. The normalized spacial score (nSPS) is 10.3. The molecule has 5 heteroatoms. The van der Waals surface area contributed by atoms with E-state index >= 15 is 0 Å². The highest BCUT2D eigenvalue weighted by molar-refractivity contribution is 6.29. The van der Waals surface area contributed by atoms with Gasteiger partial charge >= 0.3 is 5.97 Å². The summed E-state index contributed by atoms with van der Waals surface area (Å²) in [4.78, 5) is 18.9. The minimum atomic E-state index is -1.11. The molecule has 18 heavy (non-hydrogen) atoms. The fourth-order valence-corrected chi connectivity index (χ4v) is 1.83. The molecule has 92 valence electrons. The van der Waals surface area contributed by atoms with E-state index in [-0.39, 0.29) is 10.8 Å². The van der Waals surface area contributed by atoms with Gasteiger partial charge in [0.2, 0.25) is 0 Å². The van der Waals surface area contributed by atoms with Crippen molar-refractivity contribution < 1.29 is 9.90 Å². The first kappa shape index (κ1) is 12.5. The first-order valence-corrected chi connectivity index (χ1v) is 5.75. The van der Waals surface area contributed by atoms with Crippen LogP contribution in [0.3, 0.4) is 0 Å². The van der Waals surface area contributed by atoms with Crippen LogP contribution >= 0.6 is 11.6 Å². The minimum Gasteiger partial charge on any atom is -0.477 e. The van der Waals surface area contributed by atoms with Gasteiger partial charge in [-0.1, -0.05) is 35.9 Å². The Morgan fingerprint density at radius 2 is 2.06 bits per heavy atom. The first-order valence-electron chi connectivity index (χ1n) is 5.37. The van der Waals surface area contributed by atoms with E-state index < -0.39 is 5.97 Å². The van der Waals surface area contributed by atoms with Crippen molar-refractivity contribution in [1.82, 2.24) is 9.97 Å². The number of nitrogens with zero attached hydrogens (tertiary/aromatic N) is 2. The van der Waals surface area contributed by atoms with Crippen LogP contribution in [0.25, 0.3) is 0 Å². The first-order chi connectivity index (χ1) is 8.56. The summed E-state index contributed by atoms with van der Waals surface area (Å²) in [6.45, 7) is 1.98. The van der Waals surface area contributed by atoms with Gasteiger partial charge in [-0.05, 0) is 18.1 Å². The highest BCUT2D eigenvalue weighted by Gasteiger charge is 2.10. The number of carboxylic acids is 1. The summed E-state index contributed by atoms with van der Waals surface area (Å²) in [5.74, 6) is -0.695. The van der Waals surface area contributed by atoms with E-state index in [0.29, 0.717) is 12.2 Å². The molecule has 2 aromatic rings. The maximum absolute atomic E-state index is 10.9. The summed E-state index contributed by atoms with van der Waals surface area (Å²) in [6.07, 6.45) is 0.466. The molecule has 1 heterocycles. The minimum absolute atomic E-state index is 0.0846. The zero-order valence-electron chi connectivity index (χ0n) is 9.72. The van der Waals surface area contributed by atoms with Crippen LogP contribution in [0.5, 0.6) is 0 Å². The average Bonchev–Trinajstić information content (AvgIpc) is 2.31. The molecule has 0 bridgehead atoms. The van der Waals surface area contributed by atoms with Crippen LogP contribution in [0.15, 0.2) is 30.3 Å². The van der Waals surface area contributed by atoms with Gasteiger partial charge in [0, 0.05) is 12.5 Å². The summed E-state index contributed by atoms with van der Waals surface area (Å²) >= 11 is 5.79. The molecule has 0 atom stereocenters. The van der Waals surface area contributed by atoms with Gasteiger partial charge in [-0.2, -0.15) is 0 Å². The third-order valence-electron chi connectivity index (χ3n) is 2.57. The molecule has 0 fully saturated rings. The van der Waals surface area contributed by atoms with Crippen LogP contribution in [-0.2, 0) is 6.42 Å². The van der Waals surface area contributed by atoms with Crippen LogP contribution in [-0.4, -0.2) is 21.0 Å². The van der Waals surface area contributed by atoms with Gasteiger partial charge < -0.3 is 5.11 Å². The number of carbonyl (C=O) groups is 1. The van der Waals surface area contributed by atoms with Crippen molar-refractivity contribution in [2.75, 3.05) is 0 Å². The number of carboxylic acid groups (broad SMARTS) is 1. The summed E-state index contributed by atoms with van der Waals surface area (Å²) in [5.41, 5.74) is 2.08. The number of aryl methyl sites for hydroxylation is 1. The molecule has 1 N–H and O–H groups in total. The van der Waals surface area contributed by atoms with Gasteiger partial charge in [-0.25, -0.2) is 14.8 Å². The van der Waals surface area contributed by atoms with Crippen molar-refractivity contribution in [3.8, 4) is 0 Å². The smallest absolute Gasteiger partial charge is 0.354 e. The van der Waals surface area contributed by atoms with Gasteiger partial charge in [0.15, 0.2) is 5.69 Å². The molecular formula is C13H11ClN2O2. The Kier molecular flexibility index (Phi) is 3.58. The average molecular weight is 263 g/mol. The third-order valence-corrected chi connectivity index (χ3v) is 2.76. The number of hydrogen-bond acceptors (Lipinski definition) is 3. The molecule has 0 amide bonds. The zero-order chi connectivity index (χ0) is 13.1. The summed E-state index contributed by atoms with van der Waals surface area (Å²) in [6, 6.07) is 9.05. The quantitative estimate of drug-likeness (QED) is 0.864. The van der Waals surface area contributed by atoms with E-state index in [1.54, 1.807) is 0 Å². The second kappa shape index (κ2) is 5.14. The van der Waals surface area contributed by atoms with Gasteiger partial charge in [0.05, 0.1) is 0 Å². The highest BCUT2D eigenvalue weighted by atomic mass is 35.5. The van der Waals surface area contributed by atoms with Crippen LogP contribution in [0.2, 0.25) is 5.15 Å². The van der Waals surface area contributed by atoms with Crippen molar-refractivity contribution in [3.05, 3.63) is 58.1 Å².